The number of Topliss-reactive ketones (excluding diaryl/α,β-unsaturated/α-hetero) is 1. The summed E-state index contributed by atoms with van der Waals surface area (Å²) in [6.45, 7) is 6.51. The average molecular weight is 527 g/mol. The van der Waals surface area contributed by atoms with Crippen LogP contribution < -0.4 is 10.2 Å². The van der Waals surface area contributed by atoms with Gasteiger partial charge in [0.15, 0.2) is 5.78 Å². The van der Waals surface area contributed by atoms with E-state index in [4.69, 9.17) is 16.3 Å². The molecule has 35 heavy (non-hydrogen) atoms. The number of nitrogens with one attached hydrogen (secondary N) is 1. The Labute approximate surface area is 218 Å². The number of carbonyl (C=O) groups excluding carboxylic acids is 2. The number of hydrogen-bond donors (Lipinski definition) is 1. The van der Waals surface area contributed by atoms with E-state index in [1.807, 2.05) is 47.2 Å². The molecule has 3 aromatic rings. The molecule has 5 nitrogen and oxygen atoms in total. The number of hydrogen-bond acceptors (Lipinski definition) is 6. The van der Waals surface area contributed by atoms with Crippen LogP contribution in [0.15, 0.2) is 70.3 Å². The van der Waals surface area contributed by atoms with Crippen LogP contribution in [-0.4, -0.2) is 42.2 Å². The quantitative estimate of drug-likeness (QED) is 0.444. The van der Waals surface area contributed by atoms with Gasteiger partial charge in [-0.1, -0.05) is 35.9 Å². The summed E-state index contributed by atoms with van der Waals surface area (Å²) in [7, 11) is 0. The highest BCUT2D eigenvalue weighted by molar-refractivity contribution is 8.01. The van der Waals surface area contributed by atoms with Crippen molar-refractivity contribution in [3.8, 4) is 0 Å². The van der Waals surface area contributed by atoms with Crippen molar-refractivity contribution in [3.63, 3.8) is 0 Å². The van der Waals surface area contributed by atoms with Crippen LogP contribution in [0.5, 0.6) is 0 Å². The third-order valence-electron chi connectivity index (χ3n) is 6.55. The van der Waals surface area contributed by atoms with E-state index in [1.54, 1.807) is 17.4 Å². The summed E-state index contributed by atoms with van der Waals surface area (Å²) >= 11 is 9.06. The molecule has 3 heterocycles. The molecule has 1 amide bonds. The maximum atomic E-state index is 13.4. The summed E-state index contributed by atoms with van der Waals surface area (Å²) in [4.78, 5) is 29.9. The molecule has 2 atom stereocenters. The first kappa shape index (κ1) is 24.4. The monoisotopic (exact) mass is 526 g/mol. The van der Waals surface area contributed by atoms with Crippen LogP contribution in [0.2, 0.25) is 5.02 Å². The first-order chi connectivity index (χ1) is 16.8. The highest BCUT2D eigenvalue weighted by Crippen LogP contribution is 2.42. The summed E-state index contributed by atoms with van der Waals surface area (Å²) in [6, 6.07) is 17.5. The standard InChI is InChI=1S/C27H27ClN2O3S2/c1-26(2)17-30(12-13-33-26)20-9-7-18(8-10-20)27(19-11-14-34-16-19)15-22(31)24(25(32)29-27)35-23-6-4-3-5-21(23)28/h3-11,14,16,24H,12-13,15,17H2,1-2H3,(H,29,32). The number of anilines is 1. The Morgan fingerprint density at radius 3 is 2.51 bits per heavy atom. The molecule has 8 heteroatoms. The van der Waals surface area contributed by atoms with Gasteiger partial charge in [-0.15, -0.1) is 11.8 Å². The second-order valence-corrected chi connectivity index (χ2v) is 11.9. The molecular formula is C27H27ClN2O3S2. The van der Waals surface area contributed by atoms with Crippen LogP contribution in [0.25, 0.3) is 0 Å². The second-order valence-electron chi connectivity index (χ2n) is 9.55. The van der Waals surface area contributed by atoms with Gasteiger partial charge in [0.05, 0.1) is 22.8 Å². The van der Waals surface area contributed by atoms with Gasteiger partial charge < -0.3 is 15.0 Å². The van der Waals surface area contributed by atoms with Gasteiger partial charge in [-0.05, 0) is 66.1 Å². The lowest BCUT2D eigenvalue weighted by molar-refractivity contribution is -0.132. The van der Waals surface area contributed by atoms with Crippen LogP contribution in [-0.2, 0) is 19.9 Å². The van der Waals surface area contributed by atoms with Gasteiger partial charge >= 0.3 is 0 Å². The highest BCUT2D eigenvalue weighted by Gasteiger charge is 2.47. The molecule has 0 saturated carbocycles. The number of carbonyl (C=O) groups is 2. The van der Waals surface area contributed by atoms with Crippen molar-refractivity contribution in [3.05, 3.63) is 81.5 Å². The van der Waals surface area contributed by atoms with Crippen molar-refractivity contribution in [1.82, 2.24) is 5.32 Å². The summed E-state index contributed by atoms with van der Waals surface area (Å²) in [5.74, 6) is -0.403. The van der Waals surface area contributed by atoms with E-state index >= 15 is 0 Å². The van der Waals surface area contributed by atoms with Gasteiger partial charge in [0.2, 0.25) is 5.91 Å². The van der Waals surface area contributed by atoms with Crippen LogP contribution >= 0.6 is 34.7 Å². The number of ketones is 1. The first-order valence-electron chi connectivity index (χ1n) is 11.6. The Bertz CT molecular complexity index is 1210. The van der Waals surface area contributed by atoms with Gasteiger partial charge in [0.1, 0.15) is 5.25 Å². The zero-order chi connectivity index (χ0) is 24.6. The first-order valence-corrected chi connectivity index (χ1v) is 13.8. The van der Waals surface area contributed by atoms with E-state index < -0.39 is 10.8 Å². The molecule has 1 aromatic heterocycles. The fourth-order valence-electron chi connectivity index (χ4n) is 4.82. The number of thioether (sulfide) groups is 1. The lowest BCUT2D eigenvalue weighted by Crippen LogP contribution is -2.58. The molecule has 0 spiro atoms. The number of ether oxygens (including phenoxy) is 1. The van der Waals surface area contributed by atoms with Gasteiger partial charge in [-0.2, -0.15) is 11.3 Å². The third kappa shape index (κ3) is 4.87. The summed E-state index contributed by atoms with van der Waals surface area (Å²) in [6.07, 6.45) is 0.182. The second kappa shape index (κ2) is 9.62. The molecule has 0 radical (unpaired) electrons. The van der Waals surface area contributed by atoms with E-state index in [2.05, 4.69) is 36.2 Å². The molecular weight excluding hydrogens is 500 g/mol. The van der Waals surface area contributed by atoms with E-state index in [0.29, 0.717) is 11.6 Å². The number of nitrogens with zero attached hydrogens (tertiary/aromatic N) is 1. The normalized spacial score (nSPS) is 24.3. The van der Waals surface area contributed by atoms with Crippen molar-refractivity contribution in [2.45, 2.75) is 41.6 Å². The molecule has 2 aliphatic heterocycles. The van der Waals surface area contributed by atoms with E-state index in [1.165, 1.54) is 11.8 Å². The lowest BCUT2D eigenvalue weighted by atomic mass is 9.77. The highest BCUT2D eigenvalue weighted by atomic mass is 35.5. The number of rotatable bonds is 5. The number of thiophene rings is 1. The van der Waals surface area contributed by atoms with Crippen molar-refractivity contribution >= 4 is 52.1 Å². The van der Waals surface area contributed by atoms with E-state index in [-0.39, 0.29) is 23.7 Å². The van der Waals surface area contributed by atoms with Crippen molar-refractivity contribution in [1.29, 1.82) is 0 Å². The number of halogens is 1. The predicted molar refractivity (Wildman–Crippen MR) is 143 cm³/mol. The summed E-state index contributed by atoms with van der Waals surface area (Å²) in [5.41, 5.74) is 1.83. The molecule has 0 bridgehead atoms. The fourth-order valence-corrected chi connectivity index (χ4v) is 6.79. The number of benzene rings is 2. The molecule has 182 valence electrons. The molecule has 2 aliphatic rings. The zero-order valence-electron chi connectivity index (χ0n) is 19.6. The minimum absolute atomic E-state index is 0.108. The van der Waals surface area contributed by atoms with Crippen LogP contribution in [0, 0.1) is 0 Å². The smallest absolute Gasteiger partial charge is 0.242 e. The molecule has 2 fully saturated rings. The third-order valence-corrected chi connectivity index (χ3v) is 9.00. The maximum absolute atomic E-state index is 13.4. The topological polar surface area (TPSA) is 58.6 Å². The number of amides is 1. The Morgan fingerprint density at radius 2 is 1.86 bits per heavy atom. The van der Waals surface area contributed by atoms with Crippen LogP contribution in [0.4, 0.5) is 5.69 Å². The van der Waals surface area contributed by atoms with Gasteiger partial charge in [0, 0.05) is 30.1 Å². The SMILES string of the molecule is CC1(C)CN(c2ccc(C3(c4ccsc4)CC(=O)C(Sc4ccccc4Cl)C(=O)N3)cc2)CCO1. The summed E-state index contributed by atoms with van der Waals surface area (Å²) < 4.78 is 5.85. The van der Waals surface area contributed by atoms with Crippen molar-refractivity contribution in [2.75, 3.05) is 24.6 Å². The van der Waals surface area contributed by atoms with Gasteiger partial charge in [-0.25, -0.2) is 0 Å². The molecule has 2 saturated heterocycles. The fraction of sp³-hybridized carbons (Fsp3) is 0.333. The molecule has 2 aromatic carbocycles. The van der Waals surface area contributed by atoms with E-state index in [0.717, 1.165) is 34.8 Å². The predicted octanol–water partition coefficient (Wildman–Crippen LogP) is 5.51. The van der Waals surface area contributed by atoms with Crippen molar-refractivity contribution in [2.24, 2.45) is 0 Å². The van der Waals surface area contributed by atoms with Crippen LogP contribution in [0.1, 0.15) is 31.4 Å². The molecule has 5 rings (SSSR count). The average Bonchev–Trinajstić information content (AvgIpc) is 3.38. The largest absolute Gasteiger partial charge is 0.372 e. The molecule has 0 aliphatic carbocycles. The number of piperidine rings is 1. The molecule has 1 N–H and O–H groups in total. The Balaban J connectivity index is 1.44. The Morgan fingerprint density at radius 1 is 1.09 bits per heavy atom. The Kier molecular flexibility index (Phi) is 6.70. The minimum Gasteiger partial charge on any atom is -0.372 e. The molecule has 2 unspecified atom stereocenters. The van der Waals surface area contributed by atoms with E-state index in [9.17, 15) is 9.59 Å². The lowest BCUT2D eigenvalue weighted by Gasteiger charge is -2.41. The van der Waals surface area contributed by atoms with Crippen molar-refractivity contribution < 1.29 is 14.3 Å². The van der Waals surface area contributed by atoms with Gasteiger partial charge in [-0.3, -0.25) is 9.59 Å². The van der Waals surface area contributed by atoms with Crippen LogP contribution in [0.3, 0.4) is 0 Å². The maximum Gasteiger partial charge on any atom is 0.242 e. The minimum atomic E-state index is -0.894. The van der Waals surface area contributed by atoms with Gasteiger partial charge in [0.25, 0.3) is 0 Å². The Hall–Kier alpha value is -2.32. The number of morpholine rings is 1. The zero-order valence-corrected chi connectivity index (χ0v) is 22.0. The summed E-state index contributed by atoms with van der Waals surface area (Å²) in [5, 5.41) is 6.91.